The van der Waals surface area contributed by atoms with Crippen molar-refractivity contribution in [2.24, 2.45) is 28.6 Å². The van der Waals surface area contributed by atoms with E-state index >= 15 is 0 Å². The minimum Gasteiger partial charge on any atom is -0.469 e. The van der Waals surface area contributed by atoms with Gasteiger partial charge in [0.05, 0.1) is 37.7 Å². The Kier molecular flexibility index (Phi) is 3.54. The predicted octanol–water partition coefficient (Wildman–Crippen LogP) is 2.50. The molecule has 0 N–H and O–H groups in total. The van der Waals surface area contributed by atoms with Crippen LogP contribution in [0.4, 0.5) is 0 Å². The summed E-state index contributed by atoms with van der Waals surface area (Å²) in [5.41, 5.74) is -0.829. The highest BCUT2D eigenvalue weighted by molar-refractivity contribution is 5.73. The van der Waals surface area contributed by atoms with Gasteiger partial charge in [0, 0.05) is 12.3 Å². The number of methoxy groups -OCH3 is 1. The van der Waals surface area contributed by atoms with Crippen molar-refractivity contribution in [1.29, 1.82) is 5.26 Å². The molecule has 1 aliphatic heterocycles. The highest BCUT2D eigenvalue weighted by Gasteiger charge is 2.73. The Labute approximate surface area is 131 Å². The first kappa shape index (κ1) is 15.8. The van der Waals surface area contributed by atoms with Crippen LogP contribution in [-0.4, -0.2) is 32.1 Å². The molecule has 2 saturated carbocycles. The quantitative estimate of drug-likeness (QED) is 0.733. The number of ether oxygens (including phenoxy) is 3. The Balaban J connectivity index is 2.10. The third-order valence-corrected chi connectivity index (χ3v) is 6.70. The summed E-state index contributed by atoms with van der Waals surface area (Å²) in [6, 6.07) is 2.54. The molecular weight excluding hydrogens is 282 g/mol. The lowest BCUT2D eigenvalue weighted by Gasteiger charge is -2.42. The summed E-state index contributed by atoms with van der Waals surface area (Å²) in [7, 11) is 1.43. The Morgan fingerprint density at radius 3 is 2.55 bits per heavy atom. The molecule has 5 atom stereocenters. The van der Waals surface area contributed by atoms with Crippen LogP contribution in [0, 0.1) is 39.9 Å². The maximum atomic E-state index is 12.3. The van der Waals surface area contributed by atoms with Gasteiger partial charge in [-0.05, 0) is 31.1 Å². The molecule has 2 aliphatic carbocycles. The van der Waals surface area contributed by atoms with E-state index in [1.54, 1.807) is 0 Å². The van der Waals surface area contributed by atoms with Gasteiger partial charge in [0.1, 0.15) is 0 Å². The molecule has 5 nitrogen and oxygen atoms in total. The van der Waals surface area contributed by atoms with Crippen LogP contribution in [0.5, 0.6) is 0 Å². The molecule has 3 rings (SSSR count). The molecular formula is C17H25NO4. The van der Waals surface area contributed by atoms with E-state index in [0.29, 0.717) is 13.2 Å². The van der Waals surface area contributed by atoms with E-state index in [9.17, 15) is 10.1 Å². The number of nitriles is 1. The average molecular weight is 307 g/mol. The maximum Gasteiger partial charge on any atom is 0.308 e. The summed E-state index contributed by atoms with van der Waals surface area (Å²) in [6.07, 6.45) is 2.44. The highest BCUT2D eigenvalue weighted by atomic mass is 16.7. The molecule has 3 fully saturated rings. The first-order chi connectivity index (χ1) is 10.4. The zero-order valence-corrected chi connectivity index (χ0v) is 13.8. The van der Waals surface area contributed by atoms with Gasteiger partial charge >= 0.3 is 5.97 Å². The second kappa shape index (κ2) is 4.94. The van der Waals surface area contributed by atoms with Gasteiger partial charge in [-0.15, -0.1) is 0 Å². The van der Waals surface area contributed by atoms with Crippen molar-refractivity contribution >= 4 is 5.97 Å². The largest absolute Gasteiger partial charge is 0.469 e. The topological polar surface area (TPSA) is 68.6 Å². The number of nitrogens with zero attached hydrogens (tertiary/aromatic N) is 1. The van der Waals surface area contributed by atoms with Crippen LogP contribution < -0.4 is 0 Å². The standard InChI is InChI=1S/C17H25NO4/c1-11-9-16(12(2)13(19)20-4)5-6-17(21-7-8-22-17)14(16)15(11,3)10-18/h11-12,14H,5-9H2,1-4H3/t11-,12-,14+,15-,16-/m1/s1. The Bertz CT molecular complexity index is 521. The number of carbonyl (C=O) groups excluding carboxylic acids is 1. The summed E-state index contributed by atoms with van der Waals surface area (Å²) >= 11 is 0. The smallest absolute Gasteiger partial charge is 0.308 e. The van der Waals surface area contributed by atoms with Crippen LogP contribution in [0.1, 0.15) is 40.0 Å². The molecule has 0 aromatic rings. The third-order valence-electron chi connectivity index (χ3n) is 6.70. The number of fused-ring (bicyclic) bond motifs is 2. The lowest BCUT2D eigenvalue weighted by Crippen LogP contribution is -2.49. The zero-order valence-electron chi connectivity index (χ0n) is 13.8. The molecule has 0 radical (unpaired) electrons. The third kappa shape index (κ3) is 1.74. The molecule has 0 unspecified atom stereocenters. The van der Waals surface area contributed by atoms with E-state index in [0.717, 1.165) is 19.3 Å². The van der Waals surface area contributed by atoms with Crippen LogP contribution in [0.15, 0.2) is 0 Å². The number of carbonyl (C=O) groups is 1. The fraction of sp³-hybridized carbons (Fsp3) is 0.882. The van der Waals surface area contributed by atoms with Crippen LogP contribution in [0.3, 0.4) is 0 Å². The Hall–Kier alpha value is -1.12. The van der Waals surface area contributed by atoms with Gasteiger partial charge in [-0.3, -0.25) is 4.79 Å². The van der Waals surface area contributed by atoms with Crippen molar-refractivity contribution in [3.8, 4) is 6.07 Å². The molecule has 0 amide bonds. The molecule has 1 saturated heterocycles. The average Bonchev–Trinajstić information content (AvgIpc) is 3.17. The minimum absolute atomic E-state index is 0.0934. The fourth-order valence-electron chi connectivity index (χ4n) is 5.49. The second-order valence-corrected chi connectivity index (χ2v) is 7.42. The van der Waals surface area contributed by atoms with Crippen molar-refractivity contribution < 1.29 is 19.0 Å². The van der Waals surface area contributed by atoms with Gasteiger partial charge in [0.2, 0.25) is 0 Å². The first-order valence-electron chi connectivity index (χ1n) is 8.13. The predicted molar refractivity (Wildman–Crippen MR) is 78.5 cm³/mol. The molecule has 0 bridgehead atoms. The van der Waals surface area contributed by atoms with E-state index in [1.807, 2.05) is 13.8 Å². The number of hydrogen-bond donors (Lipinski definition) is 0. The molecule has 0 aromatic carbocycles. The van der Waals surface area contributed by atoms with E-state index in [2.05, 4.69) is 13.0 Å². The summed E-state index contributed by atoms with van der Waals surface area (Å²) < 4.78 is 17.1. The summed E-state index contributed by atoms with van der Waals surface area (Å²) in [6.45, 7) is 7.18. The molecule has 22 heavy (non-hydrogen) atoms. The van der Waals surface area contributed by atoms with Crippen LogP contribution in [-0.2, 0) is 19.0 Å². The Morgan fingerprint density at radius 2 is 2.00 bits per heavy atom. The van der Waals surface area contributed by atoms with Gasteiger partial charge in [0.15, 0.2) is 5.79 Å². The van der Waals surface area contributed by atoms with Gasteiger partial charge in [0.25, 0.3) is 0 Å². The van der Waals surface area contributed by atoms with Crippen molar-refractivity contribution in [3.63, 3.8) is 0 Å². The molecule has 3 aliphatic rings. The molecule has 5 heteroatoms. The van der Waals surface area contributed by atoms with Gasteiger partial charge in [-0.2, -0.15) is 5.26 Å². The van der Waals surface area contributed by atoms with Gasteiger partial charge < -0.3 is 14.2 Å². The fourth-order valence-corrected chi connectivity index (χ4v) is 5.49. The normalized spacial score (nSPS) is 43.8. The number of rotatable bonds is 2. The molecule has 122 valence electrons. The summed E-state index contributed by atoms with van der Waals surface area (Å²) in [5.74, 6) is -1.05. The van der Waals surface area contributed by atoms with E-state index in [-0.39, 0.29) is 29.1 Å². The number of esters is 1. The monoisotopic (exact) mass is 307 g/mol. The van der Waals surface area contributed by atoms with Crippen molar-refractivity contribution in [2.45, 2.75) is 45.8 Å². The van der Waals surface area contributed by atoms with Crippen molar-refractivity contribution in [2.75, 3.05) is 20.3 Å². The Morgan fingerprint density at radius 1 is 1.36 bits per heavy atom. The van der Waals surface area contributed by atoms with Gasteiger partial charge in [-0.25, -0.2) is 0 Å². The van der Waals surface area contributed by atoms with Crippen molar-refractivity contribution in [1.82, 2.24) is 0 Å². The second-order valence-electron chi connectivity index (χ2n) is 7.42. The van der Waals surface area contributed by atoms with Crippen molar-refractivity contribution in [3.05, 3.63) is 0 Å². The lowest BCUT2D eigenvalue weighted by molar-refractivity contribution is -0.211. The maximum absolute atomic E-state index is 12.3. The van der Waals surface area contributed by atoms with E-state index in [1.165, 1.54) is 7.11 Å². The van der Waals surface area contributed by atoms with Crippen LogP contribution >= 0.6 is 0 Å². The van der Waals surface area contributed by atoms with Crippen LogP contribution in [0.2, 0.25) is 0 Å². The molecule has 0 aromatic heterocycles. The zero-order chi connectivity index (χ0) is 16.2. The minimum atomic E-state index is -0.697. The number of hydrogen-bond acceptors (Lipinski definition) is 5. The molecule has 1 heterocycles. The van der Waals surface area contributed by atoms with Crippen LogP contribution in [0.25, 0.3) is 0 Å². The summed E-state index contributed by atoms with van der Waals surface area (Å²) in [5, 5.41) is 9.90. The lowest BCUT2D eigenvalue weighted by atomic mass is 9.64. The SMILES string of the molecule is COC(=O)[C@@H](C)[C@]12CCC3(OCCO3)[C@H]1[C@](C)(C#N)[C@H](C)C2. The van der Waals surface area contributed by atoms with E-state index < -0.39 is 11.2 Å². The summed E-state index contributed by atoms with van der Waals surface area (Å²) in [4.78, 5) is 12.3. The first-order valence-corrected chi connectivity index (χ1v) is 8.13. The van der Waals surface area contributed by atoms with E-state index in [4.69, 9.17) is 14.2 Å². The highest BCUT2D eigenvalue weighted by Crippen LogP contribution is 2.71. The molecule has 1 spiro atoms. The van der Waals surface area contributed by atoms with Gasteiger partial charge in [-0.1, -0.05) is 13.8 Å².